The molecule has 3 aliphatic rings. The summed E-state index contributed by atoms with van der Waals surface area (Å²) < 4.78 is 58.2. The van der Waals surface area contributed by atoms with Gasteiger partial charge in [0, 0.05) is 24.1 Å². The van der Waals surface area contributed by atoms with E-state index < -0.39 is 23.4 Å². The normalized spacial score (nSPS) is 26.7. The van der Waals surface area contributed by atoms with Crippen molar-refractivity contribution in [2.24, 2.45) is 0 Å². The van der Waals surface area contributed by atoms with Gasteiger partial charge in [0.25, 0.3) is 0 Å². The number of esters is 1. The van der Waals surface area contributed by atoms with Gasteiger partial charge in [0.15, 0.2) is 39.6 Å². The molecule has 6 atom stereocenters. The van der Waals surface area contributed by atoms with Gasteiger partial charge < -0.3 is 29.0 Å². The molecule has 2 saturated carbocycles. The number of nitrogens with zero attached hydrogens (tertiary/aromatic N) is 5. The molecule has 2 aromatic heterocycles. The molecule has 3 fully saturated rings. The lowest BCUT2D eigenvalue weighted by molar-refractivity contribution is -0.172. The van der Waals surface area contributed by atoms with Crippen LogP contribution < -0.4 is 5.32 Å². The van der Waals surface area contributed by atoms with Gasteiger partial charge >= 0.3 is 5.97 Å². The van der Waals surface area contributed by atoms with Crippen LogP contribution in [0.25, 0.3) is 11.2 Å². The Morgan fingerprint density at radius 2 is 1.96 bits per heavy atom. The third kappa shape index (κ3) is 7.07. The first-order chi connectivity index (χ1) is 21.7. The maximum Gasteiger partial charge on any atom is 0.332 e. The van der Waals surface area contributed by atoms with Crippen LogP contribution in [0.3, 0.4) is 0 Å². The van der Waals surface area contributed by atoms with E-state index in [1.165, 1.54) is 6.07 Å². The van der Waals surface area contributed by atoms with Crippen molar-refractivity contribution in [1.29, 1.82) is 0 Å². The van der Waals surface area contributed by atoms with Gasteiger partial charge in [0.05, 0.1) is 32.0 Å². The number of thioether (sulfide) groups is 1. The molecular formula is C30H38F2N6O6S. The second-order valence-corrected chi connectivity index (χ2v) is 12.9. The number of hydrogen-bond donors (Lipinski definition) is 1. The van der Waals surface area contributed by atoms with Crippen LogP contribution in [0.1, 0.15) is 64.5 Å². The van der Waals surface area contributed by atoms with Crippen molar-refractivity contribution < 1.29 is 37.3 Å². The number of rotatable bonds is 14. The molecule has 2 aliphatic carbocycles. The Kier molecular flexibility index (Phi) is 9.52. The first-order valence-corrected chi connectivity index (χ1v) is 16.3. The molecule has 244 valence electrons. The van der Waals surface area contributed by atoms with Crippen LogP contribution in [-0.4, -0.2) is 93.3 Å². The zero-order valence-electron chi connectivity index (χ0n) is 25.7. The van der Waals surface area contributed by atoms with Gasteiger partial charge in [-0.1, -0.05) is 30.0 Å². The number of anilines is 1. The van der Waals surface area contributed by atoms with Gasteiger partial charge in [-0.15, -0.1) is 5.10 Å². The van der Waals surface area contributed by atoms with Crippen LogP contribution in [-0.2, 0) is 28.5 Å². The topological polar surface area (TPSA) is 132 Å². The van der Waals surface area contributed by atoms with Crippen LogP contribution in [0.15, 0.2) is 23.4 Å². The zero-order chi connectivity index (χ0) is 31.7. The number of carbonyl (C=O) groups excluding carboxylic acids is 1. The van der Waals surface area contributed by atoms with E-state index >= 15 is 0 Å². The molecular weight excluding hydrogens is 610 g/mol. The van der Waals surface area contributed by atoms with Gasteiger partial charge in [-0.05, 0) is 51.3 Å². The summed E-state index contributed by atoms with van der Waals surface area (Å²) >= 11 is 1.54. The standard InChI is InChI=1S/C30H38F2N6O6S/c1-5-11-45-29-34-27(33-20-13-17(20)16-7-8-18(31)19(32)12-16)24-28(35-29)38(37-36-24)21-14-22(26-25(21)43-30(3,4)44-26)42-10-9-40-15-23(39)41-6-2/h7-8,12,17,20-22,25-26H,5-6,9-11,13-15H2,1-4H3,(H,33,34,35). The van der Waals surface area contributed by atoms with Crippen molar-refractivity contribution in [3.8, 4) is 0 Å². The molecule has 1 saturated heterocycles. The van der Waals surface area contributed by atoms with Crippen molar-refractivity contribution in [2.75, 3.05) is 37.5 Å². The highest BCUT2D eigenvalue weighted by Gasteiger charge is 2.56. The number of fused-ring (bicyclic) bond motifs is 2. The molecule has 0 spiro atoms. The van der Waals surface area contributed by atoms with E-state index in [1.807, 2.05) is 13.8 Å². The second kappa shape index (κ2) is 13.4. The van der Waals surface area contributed by atoms with Gasteiger partial charge in [-0.25, -0.2) is 28.2 Å². The quantitative estimate of drug-likeness (QED) is 0.115. The van der Waals surface area contributed by atoms with E-state index in [2.05, 4.69) is 22.6 Å². The first kappa shape index (κ1) is 32.0. The van der Waals surface area contributed by atoms with E-state index in [0.717, 1.165) is 30.2 Å². The third-order valence-electron chi connectivity index (χ3n) is 8.00. The van der Waals surface area contributed by atoms with E-state index in [0.29, 0.717) is 35.2 Å². The van der Waals surface area contributed by atoms with Crippen LogP contribution in [0, 0.1) is 11.6 Å². The largest absolute Gasteiger partial charge is 0.464 e. The number of nitrogens with one attached hydrogen (secondary N) is 1. The number of hydrogen-bond acceptors (Lipinski definition) is 12. The first-order valence-electron chi connectivity index (χ1n) is 15.3. The molecule has 1 N–H and O–H groups in total. The molecule has 0 amide bonds. The highest BCUT2D eigenvalue weighted by Crippen LogP contribution is 2.47. The molecule has 1 aliphatic heterocycles. The summed E-state index contributed by atoms with van der Waals surface area (Å²) in [4.78, 5) is 21.2. The van der Waals surface area contributed by atoms with Crippen LogP contribution in [0.4, 0.5) is 14.6 Å². The lowest BCUT2D eigenvalue weighted by atomic mass is 10.1. The van der Waals surface area contributed by atoms with Gasteiger partial charge in [-0.2, -0.15) is 0 Å². The summed E-state index contributed by atoms with van der Waals surface area (Å²) in [7, 11) is 0. The Labute approximate surface area is 263 Å². The number of aromatic nitrogens is 5. The molecule has 12 nitrogen and oxygen atoms in total. The molecule has 45 heavy (non-hydrogen) atoms. The molecule has 6 rings (SSSR count). The fourth-order valence-electron chi connectivity index (χ4n) is 5.96. The predicted octanol–water partition coefficient (Wildman–Crippen LogP) is 4.40. The smallest absolute Gasteiger partial charge is 0.332 e. The van der Waals surface area contributed by atoms with E-state index in [4.69, 9.17) is 33.7 Å². The Hall–Kier alpha value is -2.98. The minimum absolute atomic E-state index is 0.0193. The molecule has 1 aromatic carbocycles. The average Bonchev–Trinajstić information content (AvgIpc) is 3.34. The number of ether oxygens (including phenoxy) is 5. The van der Waals surface area contributed by atoms with E-state index in [9.17, 15) is 13.6 Å². The molecule has 0 bridgehead atoms. The number of halogens is 2. The maximum atomic E-state index is 13.9. The summed E-state index contributed by atoms with van der Waals surface area (Å²) in [6, 6.07) is 3.73. The minimum Gasteiger partial charge on any atom is -0.464 e. The van der Waals surface area contributed by atoms with Crippen LogP contribution in [0.2, 0.25) is 0 Å². The lowest BCUT2D eigenvalue weighted by Gasteiger charge is -2.23. The molecule has 15 heteroatoms. The lowest BCUT2D eigenvalue weighted by Crippen LogP contribution is -2.32. The molecule has 3 aromatic rings. The summed E-state index contributed by atoms with van der Waals surface area (Å²) in [6.45, 7) is 8.21. The van der Waals surface area contributed by atoms with Gasteiger partial charge in [0.1, 0.15) is 18.8 Å². The van der Waals surface area contributed by atoms with Crippen LogP contribution >= 0.6 is 11.8 Å². The fraction of sp³-hybridized carbons (Fsp3) is 0.633. The van der Waals surface area contributed by atoms with Gasteiger partial charge in [-0.3, -0.25) is 0 Å². The highest BCUT2D eigenvalue weighted by molar-refractivity contribution is 7.99. The predicted molar refractivity (Wildman–Crippen MR) is 160 cm³/mol. The van der Waals surface area contributed by atoms with Crippen molar-refractivity contribution in [3.63, 3.8) is 0 Å². The molecule has 3 heterocycles. The minimum atomic E-state index is -0.861. The summed E-state index contributed by atoms with van der Waals surface area (Å²) in [5.41, 5.74) is 1.81. The van der Waals surface area contributed by atoms with E-state index in [-0.39, 0.29) is 56.1 Å². The molecule has 6 unspecified atom stereocenters. The average molecular weight is 649 g/mol. The Morgan fingerprint density at radius 3 is 2.73 bits per heavy atom. The van der Waals surface area contributed by atoms with Crippen molar-refractivity contribution >= 4 is 34.7 Å². The van der Waals surface area contributed by atoms with Crippen molar-refractivity contribution in [3.05, 3.63) is 35.4 Å². The van der Waals surface area contributed by atoms with Crippen LogP contribution in [0.5, 0.6) is 0 Å². The number of benzene rings is 1. The monoisotopic (exact) mass is 648 g/mol. The Morgan fingerprint density at radius 1 is 1.13 bits per heavy atom. The Bertz CT molecular complexity index is 1530. The third-order valence-corrected chi connectivity index (χ3v) is 9.06. The van der Waals surface area contributed by atoms with Crippen molar-refractivity contribution in [2.45, 2.75) is 94.2 Å². The van der Waals surface area contributed by atoms with Crippen molar-refractivity contribution in [1.82, 2.24) is 25.0 Å². The highest BCUT2D eigenvalue weighted by atomic mass is 32.2. The summed E-state index contributed by atoms with van der Waals surface area (Å²) in [5.74, 6) is -1.55. The Balaban J connectivity index is 1.21. The summed E-state index contributed by atoms with van der Waals surface area (Å²) in [5, 5.41) is 13.1. The van der Waals surface area contributed by atoms with E-state index in [1.54, 1.807) is 29.4 Å². The number of carbonyl (C=O) groups is 1. The van der Waals surface area contributed by atoms with Gasteiger partial charge in [0.2, 0.25) is 0 Å². The SMILES string of the molecule is CCCSc1nc(NC2CC2c2ccc(F)c(F)c2)c2nnn(C3CC(OCCOCC(=O)OCC)C4OC(C)(C)OC43)c2n1. The fourth-order valence-corrected chi connectivity index (χ4v) is 6.65. The zero-order valence-corrected chi connectivity index (χ0v) is 26.5. The molecule has 0 radical (unpaired) electrons. The second-order valence-electron chi connectivity index (χ2n) is 11.8. The summed E-state index contributed by atoms with van der Waals surface area (Å²) in [6.07, 6.45) is 1.19. The maximum absolute atomic E-state index is 13.9.